The number of carbonyl (C=O) groups is 2. The van der Waals surface area contributed by atoms with Crippen molar-refractivity contribution in [3.63, 3.8) is 0 Å². The molecule has 0 atom stereocenters. The molecule has 1 aromatic carbocycles. The second-order valence-electron chi connectivity index (χ2n) is 3.44. The lowest BCUT2D eigenvalue weighted by Gasteiger charge is -2.01. The highest BCUT2D eigenvalue weighted by molar-refractivity contribution is 6.03. The molecule has 0 spiro atoms. The summed E-state index contributed by atoms with van der Waals surface area (Å²) < 4.78 is 0. The predicted molar refractivity (Wildman–Crippen MR) is 67.2 cm³/mol. The van der Waals surface area contributed by atoms with Crippen LogP contribution in [0.1, 0.15) is 12.5 Å². The number of hydrogen-bond acceptors (Lipinski definition) is 3. The number of rotatable bonds is 5. The van der Waals surface area contributed by atoms with Crippen LogP contribution < -0.4 is 10.6 Å². The minimum atomic E-state index is -0.406. The van der Waals surface area contributed by atoms with E-state index in [0.29, 0.717) is 6.54 Å². The summed E-state index contributed by atoms with van der Waals surface area (Å²) in [5, 5.41) is 5.10. The van der Waals surface area contributed by atoms with Gasteiger partial charge in [-0.2, -0.15) is 0 Å². The smallest absolute Gasteiger partial charge is 0.250 e. The van der Waals surface area contributed by atoms with Crippen LogP contribution in [0.2, 0.25) is 0 Å². The first-order valence-corrected chi connectivity index (χ1v) is 5.50. The number of carbonyl (C=O) groups excluding carboxylic acids is 2. The van der Waals surface area contributed by atoms with Crippen LogP contribution in [-0.4, -0.2) is 24.9 Å². The molecule has 2 N–H and O–H groups in total. The number of amides is 2. The van der Waals surface area contributed by atoms with Crippen molar-refractivity contribution in [1.82, 2.24) is 10.6 Å². The second-order valence-corrected chi connectivity index (χ2v) is 3.44. The van der Waals surface area contributed by atoms with Crippen LogP contribution >= 0.6 is 0 Å². The highest BCUT2D eigenvalue weighted by Crippen LogP contribution is 2.00. The van der Waals surface area contributed by atoms with E-state index < -0.39 is 5.91 Å². The van der Waals surface area contributed by atoms with Crippen molar-refractivity contribution in [3.05, 3.63) is 42.0 Å². The maximum atomic E-state index is 11.3. The summed E-state index contributed by atoms with van der Waals surface area (Å²) in [5.74, 6) is -0.730. The van der Waals surface area contributed by atoms with Gasteiger partial charge in [0.2, 0.25) is 5.91 Å². The topological polar surface area (TPSA) is 58.2 Å². The summed E-state index contributed by atoms with van der Waals surface area (Å²) >= 11 is 0. The third-order valence-electron chi connectivity index (χ3n) is 2.02. The highest BCUT2D eigenvalue weighted by Gasteiger charge is 2.02. The second kappa shape index (κ2) is 7.35. The number of likely N-dealkylation sites (N-methyl/N-ethyl adjacent to an activating group) is 1. The SMILES string of the molecule is CCNCC(=O)NC(=O)/C=C/c1ccccc1. The monoisotopic (exact) mass is 232 g/mol. The van der Waals surface area contributed by atoms with Gasteiger partial charge in [-0.25, -0.2) is 0 Å². The third-order valence-corrected chi connectivity index (χ3v) is 2.02. The van der Waals surface area contributed by atoms with Crippen LogP contribution in [0.25, 0.3) is 6.08 Å². The van der Waals surface area contributed by atoms with E-state index in [-0.39, 0.29) is 12.5 Å². The molecule has 17 heavy (non-hydrogen) atoms. The molecule has 1 rings (SSSR count). The molecule has 1 aromatic rings. The van der Waals surface area contributed by atoms with E-state index in [2.05, 4.69) is 10.6 Å². The molecule has 0 aliphatic carbocycles. The van der Waals surface area contributed by atoms with Crippen LogP contribution in [0.5, 0.6) is 0 Å². The molecule has 0 aliphatic heterocycles. The zero-order valence-electron chi connectivity index (χ0n) is 9.77. The largest absolute Gasteiger partial charge is 0.309 e. The lowest BCUT2D eigenvalue weighted by atomic mass is 10.2. The summed E-state index contributed by atoms with van der Waals surface area (Å²) in [7, 11) is 0. The highest BCUT2D eigenvalue weighted by atomic mass is 16.2. The van der Waals surface area contributed by atoms with Crippen molar-refractivity contribution in [2.24, 2.45) is 0 Å². The summed E-state index contributed by atoms with van der Waals surface area (Å²) in [4.78, 5) is 22.5. The van der Waals surface area contributed by atoms with Gasteiger partial charge in [0.25, 0.3) is 5.91 Å². The van der Waals surface area contributed by atoms with E-state index in [4.69, 9.17) is 0 Å². The Labute approximate surface area is 101 Å². The maximum absolute atomic E-state index is 11.3. The van der Waals surface area contributed by atoms with E-state index in [9.17, 15) is 9.59 Å². The average molecular weight is 232 g/mol. The first-order chi connectivity index (χ1) is 8.22. The zero-order valence-corrected chi connectivity index (χ0v) is 9.77. The molecule has 0 saturated carbocycles. The van der Waals surface area contributed by atoms with Crippen molar-refractivity contribution >= 4 is 17.9 Å². The van der Waals surface area contributed by atoms with Crippen LogP contribution in [-0.2, 0) is 9.59 Å². The van der Waals surface area contributed by atoms with Crippen LogP contribution in [0.3, 0.4) is 0 Å². The molecule has 0 heterocycles. The fourth-order valence-electron chi connectivity index (χ4n) is 1.20. The molecule has 0 saturated heterocycles. The van der Waals surface area contributed by atoms with Crippen molar-refractivity contribution in [2.45, 2.75) is 6.92 Å². The van der Waals surface area contributed by atoms with E-state index in [1.165, 1.54) is 6.08 Å². The Kier molecular flexibility index (Phi) is 5.68. The van der Waals surface area contributed by atoms with E-state index in [1.807, 2.05) is 37.3 Å². The summed E-state index contributed by atoms with van der Waals surface area (Å²) in [5.41, 5.74) is 0.918. The molecule has 0 radical (unpaired) electrons. The minimum absolute atomic E-state index is 0.154. The van der Waals surface area contributed by atoms with Gasteiger partial charge in [-0.1, -0.05) is 37.3 Å². The quantitative estimate of drug-likeness (QED) is 0.743. The molecule has 90 valence electrons. The number of hydrogen-bond donors (Lipinski definition) is 2. The van der Waals surface area contributed by atoms with Crippen molar-refractivity contribution in [1.29, 1.82) is 0 Å². The zero-order chi connectivity index (χ0) is 12.5. The van der Waals surface area contributed by atoms with E-state index in [1.54, 1.807) is 6.08 Å². The molecule has 0 bridgehead atoms. The molecule has 2 amide bonds. The van der Waals surface area contributed by atoms with Gasteiger partial charge >= 0.3 is 0 Å². The molecule has 0 fully saturated rings. The minimum Gasteiger partial charge on any atom is -0.309 e. The normalized spacial score (nSPS) is 10.4. The van der Waals surface area contributed by atoms with Crippen molar-refractivity contribution in [3.8, 4) is 0 Å². The molecular formula is C13H16N2O2. The van der Waals surface area contributed by atoms with Crippen molar-refractivity contribution in [2.75, 3.05) is 13.1 Å². The fraction of sp³-hybridized carbons (Fsp3) is 0.231. The van der Waals surface area contributed by atoms with Gasteiger partial charge in [-0.3, -0.25) is 14.9 Å². The first-order valence-electron chi connectivity index (χ1n) is 5.50. The Balaban J connectivity index is 2.39. The van der Waals surface area contributed by atoms with E-state index >= 15 is 0 Å². The van der Waals surface area contributed by atoms with Gasteiger partial charge in [-0.15, -0.1) is 0 Å². The summed E-state index contributed by atoms with van der Waals surface area (Å²) in [6, 6.07) is 9.42. The van der Waals surface area contributed by atoms with Crippen LogP contribution in [0.15, 0.2) is 36.4 Å². The lowest BCUT2D eigenvalue weighted by molar-refractivity contribution is -0.127. The van der Waals surface area contributed by atoms with E-state index in [0.717, 1.165) is 5.56 Å². The van der Waals surface area contributed by atoms with Gasteiger partial charge in [0.1, 0.15) is 0 Å². The van der Waals surface area contributed by atoms with Gasteiger partial charge in [0, 0.05) is 6.08 Å². The Morgan fingerprint density at radius 2 is 1.94 bits per heavy atom. The number of imide groups is 1. The van der Waals surface area contributed by atoms with Gasteiger partial charge < -0.3 is 5.32 Å². The lowest BCUT2D eigenvalue weighted by Crippen LogP contribution is -2.36. The van der Waals surface area contributed by atoms with Gasteiger partial charge in [0.05, 0.1) is 6.54 Å². The molecule has 0 aliphatic rings. The molecular weight excluding hydrogens is 216 g/mol. The van der Waals surface area contributed by atoms with Crippen LogP contribution in [0, 0.1) is 0 Å². The number of benzene rings is 1. The predicted octanol–water partition coefficient (Wildman–Crippen LogP) is 0.952. The Morgan fingerprint density at radius 3 is 2.59 bits per heavy atom. The fourth-order valence-corrected chi connectivity index (χ4v) is 1.20. The molecule has 4 nitrogen and oxygen atoms in total. The summed E-state index contributed by atoms with van der Waals surface area (Å²) in [6.45, 7) is 2.74. The van der Waals surface area contributed by atoms with Crippen LogP contribution in [0.4, 0.5) is 0 Å². The average Bonchev–Trinajstić information content (AvgIpc) is 2.35. The molecule has 0 aromatic heterocycles. The molecule has 0 unspecified atom stereocenters. The number of nitrogens with one attached hydrogen (secondary N) is 2. The van der Waals surface area contributed by atoms with Crippen molar-refractivity contribution < 1.29 is 9.59 Å². The van der Waals surface area contributed by atoms with Gasteiger partial charge in [0.15, 0.2) is 0 Å². The Bertz CT molecular complexity index is 399. The maximum Gasteiger partial charge on any atom is 0.250 e. The molecule has 4 heteroatoms. The summed E-state index contributed by atoms with van der Waals surface area (Å²) in [6.07, 6.45) is 3.01. The third kappa shape index (κ3) is 5.63. The van der Waals surface area contributed by atoms with Gasteiger partial charge in [-0.05, 0) is 18.2 Å². The Hall–Kier alpha value is -1.94. The standard InChI is InChI=1S/C13H16N2O2/c1-2-14-10-13(17)15-12(16)9-8-11-6-4-3-5-7-11/h3-9,14H,2,10H2,1H3,(H,15,16,17)/b9-8+. The first kappa shape index (κ1) is 13.1. The Morgan fingerprint density at radius 1 is 1.24 bits per heavy atom.